The molecule has 0 saturated carbocycles. The lowest BCUT2D eigenvalue weighted by atomic mass is 10.1. The van der Waals surface area contributed by atoms with Crippen molar-refractivity contribution in [3.8, 4) is 5.82 Å². The molecule has 22 heavy (non-hydrogen) atoms. The van der Waals surface area contributed by atoms with Gasteiger partial charge in [0.05, 0.1) is 28.5 Å². The Morgan fingerprint density at radius 1 is 1.41 bits per heavy atom. The molecule has 2 aromatic heterocycles. The molecule has 0 aliphatic carbocycles. The first kappa shape index (κ1) is 14.7. The van der Waals surface area contributed by atoms with Crippen LogP contribution in [-0.4, -0.2) is 45.1 Å². The third-order valence-corrected chi connectivity index (χ3v) is 3.92. The fourth-order valence-electron chi connectivity index (χ4n) is 2.31. The van der Waals surface area contributed by atoms with E-state index in [1.807, 2.05) is 0 Å². The molecule has 3 heterocycles. The van der Waals surface area contributed by atoms with Gasteiger partial charge in [0.15, 0.2) is 5.82 Å². The number of pyridine rings is 1. The molecule has 0 bridgehead atoms. The van der Waals surface area contributed by atoms with Crippen molar-refractivity contribution < 1.29 is 9.59 Å². The monoisotopic (exact) mass is 363 g/mol. The number of halogens is 1. The summed E-state index contributed by atoms with van der Waals surface area (Å²) in [6.07, 6.45) is 5.30. The van der Waals surface area contributed by atoms with Gasteiger partial charge in [0.2, 0.25) is 11.8 Å². The molecular formula is C14H14BrN5O2. The first-order valence-electron chi connectivity index (χ1n) is 6.74. The van der Waals surface area contributed by atoms with Gasteiger partial charge in [0.1, 0.15) is 0 Å². The van der Waals surface area contributed by atoms with Crippen LogP contribution < -0.4 is 5.32 Å². The molecule has 2 aromatic rings. The molecule has 1 aliphatic heterocycles. The minimum absolute atomic E-state index is 0.00196. The van der Waals surface area contributed by atoms with Crippen molar-refractivity contribution in [3.63, 3.8) is 0 Å². The lowest BCUT2D eigenvalue weighted by Crippen LogP contribution is -2.25. The fraction of sp³-hybridized carbons (Fsp3) is 0.286. The van der Waals surface area contributed by atoms with Crippen LogP contribution >= 0.6 is 15.9 Å². The van der Waals surface area contributed by atoms with E-state index < -0.39 is 0 Å². The normalized spacial score (nSPS) is 17.8. The Bertz CT molecular complexity index is 712. The molecule has 0 aromatic carbocycles. The van der Waals surface area contributed by atoms with Crippen LogP contribution in [-0.2, 0) is 9.59 Å². The number of anilines is 1. The Balaban J connectivity index is 1.66. The van der Waals surface area contributed by atoms with Crippen molar-refractivity contribution >= 4 is 33.4 Å². The van der Waals surface area contributed by atoms with Gasteiger partial charge in [0.25, 0.3) is 0 Å². The summed E-state index contributed by atoms with van der Waals surface area (Å²) in [7, 11) is 1.70. The fourth-order valence-corrected chi connectivity index (χ4v) is 2.59. The molecule has 1 fully saturated rings. The molecule has 7 nitrogen and oxygen atoms in total. The second kappa shape index (κ2) is 5.88. The number of amides is 2. The third kappa shape index (κ3) is 3.01. The minimum atomic E-state index is -0.306. The molecule has 2 amide bonds. The maximum absolute atomic E-state index is 12.1. The van der Waals surface area contributed by atoms with Gasteiger partial charge in [-0.05, 0) is 28.1 Å². The van der Waals surface area contributed by atoms with Gasteiger partial charge < -0.3 is 10.2 Å². The van der Waals surface area contributed by atoms with Crippen molar-refractivity contribution in [1.29, 1.82) is 0 Å². The zero-order chi connectivity index (χ0) is 15.7. The van der Waals surface area contributed by atoms with E-state index in [4.69, 9.17) is 0 Å². The Morgan fingerprint density at radius 3 is 2.77 bits per heavy atom. The van der Waals surface area contributed by atoms with E-state index in [1.165, 1.54) is 0 Å². The SMILES string of the molecule is CN1C[C@H](C(=O)Nc2ccc(-n3cc(Br)cn3)nc2)CC1=O. The second-order valence-corrected chi connectivity index (χ2v) is 6.09. The summed E-state index contributed by atoms with van der Waals surface area (Å²) in [4.78, 5) is 29.4. The Labute approximate surface area is 135 Å². The van der Waals surface area contributed by atoms with Crippen LogP contribution in [0, 0.1) is 5.92 Å². The average molecular weight is 364 g/mol. The van der Waals surface area contributed by atoms with Crippen molar-refractivity contribution in [3.05, 3.63) is 35.2 Å². The third-order valence-electron chi connectivity index (χ3n) is 3.51. The maximum Gasteiger partial charge on any atom is 0.229 e. The lowest BCUT2D eigenvalue weighted by Gasteiger charge is -2.11. The molecule has 1 atom stereocenters. The topological polar surface area (TPSA) is 80.1 Å². The molecule has 8 heteroatoms. The molecule has 0 unspecified atom stereocenters. The summed E-state index contributed by atoms with van der Waals surface area (Å²) in [5.74, 6) is 0.186. The van der Waals surface area contributed by atoms with Crippen molar-refractivity contribution in [1.82, 2.24) is 19.7 Å². The first-order valence-corrected chi connectivity index (χ1v) is 7.53. The molecule has 1 N–H and O–H groups in total. The highest BCUT2D eigenvalue weighted by Crippen LogP contribution is 2.19. The van der Waals surface area contributed by atoms with Crippen LogP contribution in [0.4, 0.5) is 5.69 Å². The van der Waals surface area contributed by atoms with Crippen molar-refractivity contribution in [2.45, 2.75) is 6.42 Å². The maximum atomic E-state index is 12.1. The van der Waals surface area contributed by atoms with Gasteiger partial charge in [0, 0.05) is 26.2 Å². The highest BCUT2D eigenvalue weighted by Gasteiger charge is 2.32. The van der Waals surface area contributed by atoms with Gasteiger partial charge in [-0.3, -0.25) is 9.59 Å². The Kier molecular flexibility index (Phi) is 3.93. The van der Waals surface area contributed by atoms with E-state index in [0.29, 0.717) is 18.1 Å². The summed E-state index contributed by atoms with van der Waals surface area (Å²) in [6.45, 7) is 0.456. The number of hydrogen-bond donors (Lipinski definition) is 1. The molecule has 0 radical (unpaired) electrons. The average Bonchev–Trinajstić information content (AvgIpc) is 3.07. The number of nitrogens with one attached hydrogen (secondary N) is 1. The first-order chi connectivity index (χ1) is 10.5. The summed E-state index contributed by atoms with van der Waals surface area (Å²) >= 11 is 3.32. The quantitative estimate of drug-likeness (QED) is 0.894. The molecular weight excluding hydrogens is 350 g/mol. The predicted octanol–water partition coefficient (Wildman–Crippen LogP) is 1.45. The van der Waals surface area contributed by atoms with Gasteiger partial charge >= 0.3 is 0 Å². The smallest absolute Gasteiger partial charge is 0.229 e. The van der Waals surface area contributed by atoms with Crippen molar-refractivity contribution in [2.75, 3.05) is 18.9 Å². The molecule has 3 rings (SSSR count). The van der Waals surface area contributed by atoms with Crippen LogP contribution in [0.1, 0.15) is 6.42 Å². The zero-order valence-electron chi connectivity index (χ0n) is 11.9. The number of rotatable bonds is 3. The zero-order valence-corrected chi connectivity index (χ0v) is 13.4. The number of carbonyl (C=O) groups excluding carboxylic acids is 2. The highest BCUT2D eigenvalue weighted by atomic mass is 79.9. The van der Waals surface area contributed by atoms with Gasteiger partial charge in [-0.2, -0.15) is 5.10 Å². The molecule has 1 aliphatic rings. The van der Waals surface area contributed by atoms with Crippen molar-refractivity contribution in [2.24, 2.45) is 5.92 Å². The summed E-state index contributed by atoms with van der Waals surface area (Å²) in [5, 5.41) is 6.92. The number of carbonyl (C=O) groups is 2. The standard InChI is InChI=1S/C14H14BrN5O2/c1-19-7-9(4-13(19)21)14(22)18-11-2-3-12(16-6-11)20-8-10(15)5-17-20/h2-3,5-6,8-9H,4,7H2,1H3,(H,18,22)/t9-/m1/s1. The largest absolute Gasteiger partial charge is 0.345 e. The molecule has 114 valence electrons. The lowest BCUT2D eigenvalue weighted by molar-refractivity contribution is -0.127. The van der Waals surface area contributed by atoms with Crippen LogP contribution in [0.5, 0.6) is 0 Å². The number of aromatic nitrogens is 3. The van der Waals surface area contributed by atoms with Gasteiger partial charge in [-0.15, -0.1) is 0 Å². The van der Waals surface area contributed by atoms with E-state index in [-0.39, 0.29) is 24.2 Å². The van der Waals surface area contributed by atoms with Gasteiger partial charge in [-0.1, -0.05) is 0 Å². The number of nitrogens with zero attached hydrogens (tertiary/aromatic N) is 4. The predicted molar refractivity (Wildman–Crippen MR) is 83.4 cm³/mol. The Hall–Kier alpha value is -2.22. The van der Waals surface area contributed by atoms with Crippen LogP contribution in [0.15, 0.2) is 35.2 Å². The molecule has 0 spiro atoms. The van der Waals surface area contributed by atoms with E-state index in [1.54, 1.807) is 47.4 Å². The van der Waals surface area contributed by atoms with E-state index >= 15 is 0 Å². The summed E-state index contributed by atoms with van der Waals surface area (Å²) in [5.41, 5.74) is 0.599. The second-order valence-electron chi connectivity index (χ2n) is 5.17. The number of likely N-dealkylation sites (tertiary alicyclic amines) is 1. The minimum Gasteiger partial charge on any atom is -0.345 e. The van der Waals surface area contributed by atoms with Crippen LogP contribution in [0.3, 0.4) is 0 Å². The highest BCUT2D eigenvalue weighted by molar-refractivity contribution is 9.10. The van der Waals surface area contributed by atoms with E-state index in [9.17, 15) is 9.59 Å². The van der Waals surface area contributed by atoms with E-state index in [2.05, 4.69) is 31.3 Å². The summed E-state index contributed by atoms with van der Waals surface area (Å²) < 4.78 is 2.49. The van der Waals surface area contributed by atoms with Gasteiger partial charge in [-0.25, -0.2) is 9.67 Å². The van der Waals surface area contributed by atoms with Crippen LogP contribution in [0.25, 0.3) is 5.82 Å². The Morgan fingerprint density at radius 2 is 2.23 bits per heavy atom. The number of hydrogen-bond acceptors (Lipinski definition) is 4. The van der Waals surface area contributed by atoms with E-state index in [0.717, 1.165) is 4.47 Å². The van der Waals surface area contributed by atoms with Crippen LogP contribution in [0.2, 0.25) is 0 Å². The molecule has 1 saturated heterocycles. The summed E-state index contributed by atoms with van der Waals surface area (Å²) in [6, 6.07) is 3.53.